The van der Waals surface area contributed by atoms with E-state index in [4.69, 9.17) is 10.3 Å². The highest BCUT2D eigenvalue weighted by Crippen LogP contribution is 2.07. The van der Waals surface area contributed by atoms with Crippen molar-refractivity contribution in [2.75, 3.05) is 0 Å². The highest BCUT2D eigenvalue weighted by atomic mass is 16.5. The normalized spacial score (nSPS) is 12.6. The minimum Gasteiger partial charge on any atom is -0.339 e. The summed E-state index contributed by atoms with van der Waals surface area (Å²) in [6, 6.07) is 10.4. The van der Waals surface area contributed by atoms with Crippen LogP contribution in [0.2, 0.25) is 0 Å². The molecule has 0 aliphatic carbocycles. The molecule has 2 N–H and O–H groups in total. The van der Waals surface area contributed by atoms with Crippen LogP contribution in [-0.4, -0.2) is 16.2 Å². The van der Waals surface area contributed by atoms with Gasteiger partial charge in [-0.15, -0.1) is 0 Å². The molecule has 4 nitrogen and oxygen atoms in total. The Morgan fingerprint density at radius 2 is 2.00 bits per heavy atom. The van der Waals surface area contributed by atoms with E-state index < -0.39 is 0 Å². The average molecular weight is 245 g/mol. The first-order chi connectivity index (χ1) is 8.78. The minimum absolute atomic E-state index is 0.115. The van der Waals surface area contributed by atoms with Crippen LogP contribution in [0.5, 0.6) is 0 Å². The number of nitrogens with zero attached hydrogens (tertiary/aromatic N) is 2. The fourth-order valence-corrected chi connectivity index (χ4v) is 1.75. The van der Waals surface area contributed by atoms with Crippen molar-refractivity contribution in [2.45, 2.75) is 38.6 Å². The average Bonchev–Trinajstić information content (AvgIpc) is 2.85. The number of aryl methyl sites for hydroxylation is 2. The Bertz CT molecular complexity index is 467. The summed E-state index contributed by atoms with van der Waals surface area (Å²) in [6.07, 6.45) is 3.31. The molecule has 0 radical (unpaired) electrons. The first-order valence-electron chi connectivity index (χ1n) is 6.39. The molecule has 0 aliphatic rings. The zero-order chi connectivity index (χ0) is 12.8. The van der Waals surface area contributed by atoms with E-state index in [-0.39, 0.29) is 6.04 Å². The highest BCUT2D eigenvalue weighted by molar-refractivity contribution is 5.15. The van der Waals surface area contributed by atoms with Gasteiger partial charge in [0.05, 0.1) is 0 Å². The smallest absolute Gasteiger partial charge is 0.226 e. The molecule has 2 rings (SSSR count). The van der Waals surface area contributed by atoms with Gasteiger partial charge in [-0.3, -0.25) is 0 Å². The molecule has 1 aromatic carbocycles. The Hall–Kier alpha value is -1.68. The standard InChI is InChI=1S/C14H19N3O/c1-2-12(15)10-13-16-14(18-17-13)9-8-11-6-4-3-5-7-11/h3-7,12H,2,8-10,15H2,1H3. The van der Waals surface area contributed by atoms with Crippen LogP contribution in [0.3, 0.4) is 0 Å². The second kappa shape index (κ2) is 6.31. The fourth-order valence-electron chi connectivity index (χ4n) is 1.75. The topological polar surface area (TPSA) is 64.9 Å². The summed E-state index contributed by atoms with van der Waals surface area (Å²) in [5.74, 6) is 1.41. The molecule has 18 heavy (non-hydrogen) atoms. The fraction of sp³-hybridized carbons (Fsp3) is 0.429. The van der Waals surface area contributed by atoms with E-state index in [9.17, 15) is 0 Å². The van der Waals surface area contributed by atoms with E-state index in [0.717, 1.165) is 19.3 Å². The molecule has 1 heterocycles. The van der Waals surface area contributed by atoms with E-state index in [1.165, 1.54) is 5.56 Å². The van der Waals surface area contributed by atoms with Crippen molar-refractivity contribution in [1.82, 2.24) is 10.1 Å². The molecule has 2 aromatic rings. The largest absolute Gasteiger partial charge is 0.339 e. The van der Waals surface area contributed by atoms with Gasteiger partial charge in [0.15, 0.2) is 5.82 Å². The van der Waals surface area contributed by atoms with Gasteiger partial charge in [0, 0.05) is 18.9 Å². The van der Waals surface area contributed by atoms with Crippen molar-refractivity contribution >= 4 is 0 Å². The highest BCUT2D eigenvalue weighted by Gasteiger charge is 2.09. The third-order valence-electron chi connectivity index (χ3n) is 2.95. The molecule has 1 aromatic heterocycles. The molecule has 0 amide bonds. The molecule has 96 valence electrons. The first kappa shape index (κ1) is 12.8. The van der Waals surface area contributed by atoms with Crippen molar-refractivity contribution < 1.29 is 4.52 Å². The maximum absolute atomic E-state index is 5.86. The number of hydrogen-bond acceptors (Lipinski definition) is 4. The summed E-state index contributed by atoms with van der Waals surface area (Å²) in [7, 11) is 0. The van der Waals surface area contributed by atoms with Crippen LogP contribution in [0.4, 0.5) is 0 Å². The summed E-state index contributed by atoms with van der Waals surface area (Å²) < 4.78 is 5.22. The quantitative estimate of drug-likeness (QED) is 0.846. The summed E-state index contributed by atoms with van der Waals surface area (Å²) in [4.78, 5) is 4.36. The lowest BCUT2D eigenvalue weighted by Crippen LogP contribution is -2.22. The van der Waals surface area contributed by atoms with Crippen LogP contribution in [0.1, 0.15) is 30.6 Å². The van der Waals surface area contributed by atoms with Crippen molar-refractivity contribution in [1.29, 1.82) is 0 Å². The number of hydrogen-bond donors (Lipinski definition) is 1. The molecule has 0 saturated heterocycles. The summed E-state index contributed by atoms with van der Waals surface area (Å²) >= 11 is 0. The van der Waals surface area contributed by atoms with Crippen LogP contribution in [0.25, 0.3) is 0 Å². The molecular weight excluding hydrogens is 226 g/mol. The zero-order valence-corrected chi connectivity index (χ0v) is 10.7. The molecule has 4 heteroatoms. The third kappa shape index (κ3) is 3.67. The first-order valence-corrected chi connectivity index (χ1v) is 6.39. The van der Waals surface area contributed by atoms with Gasteiger partial charge < -0.3 is 10.3 Å². The van der Waals surface area contributed by atoms with Crippen LogP contribution < -0.4 is 5.73 Å². The van der Waals surface area contributed by atoms with Crippen LogP contribution >= 0.6 is 0 Å². The molecule has 1 unspecified atom stereocenters. The number of benzene rings is 1. The van der Waals surface area contributed by atoms with Crippen molar-refractivity contribution in [2.24, 2.45) is 5.73 Å². The Morgan fingerprint density at radius 1 is 1.22 bits per heavy atom. The maximum atomic E-state index is 5.86. The molecule has 0 fully saturated rings. The zero-order valence-electron chi connectivity index (χ0n) is 10.7. The van der Waals surface area contributed by atoms with E-state index in [1.54, 1.807) is 0 Å². The number of aromatic nitrogens is 2. The predicted octanol–water partition coefficient (Wildman–Crippen LogP) is 2.13. The van der Waals surface area contributed by atoms with Gasteiger partial charge in [-0.1, -0.05) is 42.4 Å². The van der Waals surface area contributed by atoms with Crippen LogP contribution in [-0.2, 0) is 19.3 Å². The second-order valence-corrected chi connectivity index (χ2v) is 4.46. The maximum Gasteiger partial charge on any atom is 0.226 e. The lowest BCUT2D eigenvalue weighted by atomic mass is 10.1. The summed E-state index contributed by atoms with van der Waals surface area (Å²) in [5.41, 5.74) is 7.14. The lowest BCUT2D eigenvalue weighted by Gasteiger charge is -2.02. The molecule has 0 saturated carbocycles. The van der Waals surface area contributed by atoms with E-state index >= 15 is 0 Å². The second-order valence-electron chi connectivity index (χ2n) is 4.46. The molecule has 0 spiro atoms. The van der Waals surface area contributed by atoms with E-state index in [1.807, 2.05) is 18.2 Å². The van der Waals surface area contributed by atoms with Gasteiger partial charge >= 0.3 is 0 Å². The summed E-state index contributed by atoms with van der Waals surface area (Å²) in [5, 5.41) is 3.95. The Morgan fingerprint density at radius 3 is 2.72 bits per heavy atom. The van der Waals surface area contributed by atoms with Gasteiger partial charge in [0.1, 0.15) is 0 Å². The Kier molecular flexibility index (Phi) is 4.47. The van der Waals surface area contributed by atoms with Gasteiger partial charge in [0.25, 0.3) is 0 Å². The molecule has 1 atom stereocenters. The molecule has 0 aliphatic heterocycles. The van der Waals surface area contributed by atoms with E-state index in [0.29, 0.717) is 18.1 Å². The SMILES string of the molecule is CCC(N)Cc1noc(CCc2ccccc2)n1. The lowest BCUT2D eigenvalue weighted by molar-refractivity contribution is 0.371. The van der Waals surface area contributed by atoms with Gasteiger partial charge in [0.2, 0.25) is 5.89 Å². The monoisotopic (exact) mass is 245 g/mol. The van der Waals surface area contributed by atoms with Crippen molar-refractivity contribution in [3.8, 4) is 0 Å². The van der Waals surface area contributed by atoms with Crippen molar-refractivity contribution in [3.05, 3.63) is 47.6 Å². The number of nitrogens with two attached hydrogens (primary N) is 1. The van der Waals surface area contributed by atoms with Crippen molar-refractivity contribution in [3.63, 3.8) is 0 Å². The predicted molar refractivity (Wildman–Crippen MR) is 70.1 cm³/mol. The molecule has 0 bridgehead atoms. The minimum atomic E-state index is 0.115. The summed E-state index contributed by atoms with van der Waals surface area (Å²) in [6.45, 7) is 2.06. The molecular formula is C14H19N3O. The van der Waals surface area contributed by atoms with Crippen LogP contribution in [0, 0.1) is 0 Å². The Balaban J connectivity index is 1.87. The van der Waals surface area contributed by atoms with Gasteiger partial charge in [-0.2, -0.15) is 4.98 Å². The number of rotatable bonds is 6. The third-order valence-corrected chi connectivity index (χ3v) is 2.95. The Labute approximate surface area is 107 Å². The van der Waals surface area contributed by atoms with E-state index in [2.05, 4.69) is 29.2 Å². The van der Waals surface area contributed by atoms with Crippen LogP contribution in [0.15, 0.2) is 34.9 Å². The van der Waals surface area contributed by atoms with Gasteiger partial charge in [-0.25, -0.2) is 0 Å². The van der Waals surface area contributed by atoms with Gasteiger partial charge in [-0.05, 0) is 18.4 Å².